The number of nitrogens with one attached hydrogen (secondary N) is 1. The van der Waals surface area contributed by atoms with Crippen molar-refractivity contribution >= 4 is 28.3 Å². The van der Waals surface area contributed by atoms with E-state index in [2.05, 4.69) is 5.32 Å². The maximum Gasteiger partial charge on any atom is 0.251 e. The third-order valence-electron chi connectivity index (χ3n) is 4.35. The molecule has 0 atom stereocenters. The van der Waals surface area contributed by atoms with Crippen molar-refractivity contribution in [3.05, 3.63) is 70.0 Å². The highest BCUT2D eigenvalue weighted by atomic mass is 16.5. The second kappa shape index (κ2) is 7.45. The van der Waals surface area contributed by atoms with Crippen LogP contribution in [0.4, 0.5) is 5.69 Å². The lowest BCUT2D eigenvalue weighted by atomic mass is 10.1. The van der Waals surface area contributed by atoms with Gasteiger partial charge in [-0.25, -0.2) is 0 Å². The van der Waals surface area contributed by atoms with Crippen LogP contribution in [-0.2, 0) is 11.3 Å². The molecule has 0 unspecified atom stereocenters. The Morgan fingerprint density at radius 1 is 1.11 bits per heavy atom. The molecule has 0 aliphatic carbocycles. The number of anilines is 1. The number of aryl methyl sites for hydroxylation is 1. The van der Waals surface area contributed by atoms with E-state index in [1.807, 2.05) is 19.1 Å². The van der Waals surface area contributed by atoms with Gasteiger partial charge in [-0.2, -0.15) is 0 Å². The predicted octanol–water partition coefficient (Wildman–Crippen LogP) is 3.16. The molecule has 0 saturated heterocycles. The van der Waals surface area contributed by atoms with Gasteiger partial charge < -0.3 is 10.1 Å². The number of ketones is 1. The molecule has 3 rings (SSSR count). The zero-order valence-electron chi connectivity index (χ0n) is 15.4. The highest BCUT2D eigenvalue weighted by Gasteiger charge is 2.15. The predicted molar refractivity (Wildman–Crippen MR) is 105 cm³/mol. The molecule has 1 amide bonds. The fraction of sp³-hybridized carbons (Fsp3) is 0.190. The summed E-state index contributed by atoms with van der Waals surface area (Å²) in [5.41, 5.74) is 2.25. The Labute approximate surface area is 156 Å². The molecule has 138 valence electrons. The summed E-state index contributed by atoms with van der Waals surface area (Å²) in [7, 11) is 1.54. The van der Waals surface area contributed by atoms with Crippen molar-refractivity contribution < 1.29 is 14.3 Å². The molecule has 0 aliphatic heterocycles. The quantitative estimate of drug-likeness (QED) is 0.706. The maximum atomic E-state index is 12.7. The maximum absolute atomic E-state index is 12.7. The summed E-state index contributed by atoms with van der Waals surface area (Å²) in [4.78, 5) is 36.4. The standard InChI is InChI=1S/C21H20N2O4/c1-13-11-20(26)23(21-17(13)5-4-6-19(21)27-3)12-18(25)15-7-9-16(10-8-15)22-14(2)24/h4-11H,12H2,1-3H3,(H,22,24). The number of benzene rings is 2. The highest BCUT2D eigenvalue weighted by molar-refractivity contribution is 5.98. The van der Waals surface area contributed by atoms with Gasteiger partial charge in [0.15, 0.2) is 5.78 Å². The van der Waals surface area contributed by atoms with Gasteiger partial charge >= 0.3 is 0 Å². The molecule has 1 heterocycles. The number of carbonyl (C=O) groups excluding carboxylic acids is 2. The fourth-order valence-electron chi connectivity index (χ4n) is 3.07. The molecule has 0 bridgehead atoms. The van der Waals surface area contributed by atoms with Crippen molar-refractivity contribution in [2.45, 2.75) is 20.4 Å². The van der Waals surface area contributed by atoms with E-state index in [0.29, 0.717) is 22.5 Å². The van der Waals surface area contributed by atoms with Gasteiger partial charge in [-0.3, -0.25) is 19.0 Å². The number of ether oxygens (including phenoxy) is 1. The summed E-state index contributed by atoms with van der Waals surface area (Å²) in [5.74, 6) is 0.156. The van der Waals surface area contributed by atoms with Crippen LogP contribution in [0.2, 0.25) is 0 Å². The number of fused-ring (bicyclic) bond motifs is 1. The number of nitrogens with zero attached hydrogens (tertiary/aromatic N) is 1. The van der Waals surface area contributed by atoms with Crippen LogP contribution in [0.25, 0.3) is 10.9 Å². The Hall–Kier alpha value is -3.41. The molecule has 27 heavy (non-hydrogen) atoms. The van der Waals surface area contributed by atoms with Crippen LogP contribution >= 0.6 is 0 Å². The average molecular weight is 364 g/mol. The minimum Gasteiger partial charge on any atom is -0.495 e. The van der Waals surface area contributed by atoms with Crippen molar-refractivity contribution in [2.24, 2.45) is 0 Å². The Balaban J connectivity index is 2.00. The monoisotopic (exact) mass is 364 g/mol. The van der Waals surface area contributed by atoms with E-state index in [0.717, 1.165) is 10.9 Å². The van der Waals surface area contributed by atoms with Gasteiger partial charge in [-0.15, -0.1) is 0 Å². The summed E-state index contributed by atoms with van der Waals surface area (Å²) < 4.78 is 6.84. The van der Waals surface area contributed by atoms with Crippen molar-refractivity contribution in [1.29, 1.82) is 0 Å². The Morgan fingerprint density at radius 2 is 1.81 bits per heavy atom. The van der Waals surface area contributed by atoms with Crippen LogP contribution in [0.3, 0.4) is 0 Å². The normalized spacial score (nSPS) is 10.6. The highest BCUT2D eigenvalue weighted by Crippen LogP contribution is 2.26. The van der Waals surface area contributed by atoms with Crippen LogP contribution in [0.15, 0.2) is 53.3 Å². The number of Topliss-reactive ketones (excluding diaryl/α,β-unsaturated/α-hetero) is 1. The number of carbonyl (C=O) groups is 2. The number of rotatable bonds is 5. The van der Waals surface area contributed by atoms with Gasteiger partial charge in [0.25, 0.3) is 5.56 Å². The van der Waals surface area contributed by atoms with Gasteiger partial charge in [0.05, 0.1) is 19.2 Å². The Kier molecular flexibility index (Phi) is 5.07. The lowest BCUT2D eigenvalue weighted by Gasteiger charge is -2.14. The molecule has 0 radical (unpaired) electrons. The molecule has 0 saturated carbocycles. The van der Waals surface area contributed by atoms with Crippen molar-refractivity contribution in [2.75, 3.05) is 12.4 Å². The van der Waals surface area contributed by atoms with E-state index in [9.17, 15) is 14.4 Å². The van der Waals surface area contributed by atoms with Gasteiger partial charge in [0.1, 0.15) is 5.75 Å². The van der Waals surface area contributed by atoms with Crippen LogP contribution in [0, 0.1) is 6.92 Å². The molecular weight excluding hydrogens is 344 g/mol. The number of pyridine rings is 1. The summed E-state index contributed by atoms with van der Waals surface area (Å²) >= 11 is 0. The van der Waals surface area contributed by atoms with Crippen molar-refractivity contribution in [3.8, 4) is 5.75 Å². The van der Waals surface area contributed by atoms with E-state index in [-0.39, 0.29) is 23.8 Å². The minimum atomic E-state index is -0.257. The fourth-order valence-corrected chi connectivity index (χ4v) is 3.07. The number of hydrogen-bond acceptors (Lipinski definition) is 4. The first-order valence-electron chi connectivity index (χ1n) is 8.48. The van der Waals surface area contributed by atoms with Crippen LogP contribution in [0.5, 0.6) is 5.75 Å². The molecule has 0 aliphatic rings. The first-order chi connectivity index (χ1) is 12.9. The Bertz CT molecular complexity index is 1080. The first-order valence-corrected chi connectivity index (χ1v) is 8.48. The van der Waals surface area contributed by atoms with E-state index >= 15 is 0 Å². The van der Waals surface area contributed by atoms with Crippen molar-refractivity contribution in [1.82, 2.24) is 4.57 Å². The summed E-state index contributed by atoms with van der Waals surface area (Å²) in [5, 5.41) is 3.52. The second-order valence-corrected chi connectivity index (χ2v) is 6.29. The van der Waals surface area contributed by atoms with Crippen LogP contribution in [-0.4, -0.2) is 23.4 Å². The SMILES string of the molecule is COc1cccc2c(C)cc(=O)n(CC(=O)c3ccc(NC(C)=O)cc3)c12. The molecule has 3 aromatic rings. The minimum absolute atomic E-state index is 0.102. The molecule has 6 heteroatoms. The van der Waals surface area contributed by atoms with E-state index in [1.54, 1.807) is 30.3 Å². The molecule has 0 fully saturated rings. The van der Waals surface area contributed by atoms with E-state index in [4.69, 9.17) is 4.74 Å². The molecule has 0 spiro atoms. The third-order valence-corrected chi connectivity index (χ3v) is 4.35. The summed E-state index contributed by atoms with van der Waals surface area (Å²) in [6.07, 6.45) is 0. The number of amides is 1. The van der Waals surface area contributed by atoms with Gasteiger partial charge in [0.2, 0.25) is 5.91 Å². The smallest absolute Gasteiger partial charge is 0.251 e. The lowest BCUT2D eigenvalue weighted by molar-refractivity contribution is -0.114. The van der Waals surface area contributed by atoms with Crippen molar-refractivity contribution in [3.63, 3.8) is 0 Å². The van der Waals surface area contributed by atoms with Gasteiger partial charge in [-0.05, 0) is 42.8 Å². The summed E-state index contributed by atoms with van der Waals surface area (Å²) in [6, 6.07) is 13.6. The lowest BCUT2D eigenvalue weighted by Crippen LogP contribution is -2.25. The largest absolute Gasteiger partial charge is 0.495 e. The summed E-state index contributed by atoms with van der Waals surface area (Å²) in [6.45, 7) is 3.17. The van der Waals surface area contributed by atoms with E-state index in [1.165, 1.54) is 24.7 Å². The number of aromatic nitrogens is 1. The molecule has 1 N–H and O–H groups in total. The first kappa shape index (κ1) is 18.4. The molecule has 1 aromatic heterocycles. The molecule has 6 nitrogen and oxygen atoms in total. The topological polar surface area (TPSA) is 77.4 Å². The van der Waals surface area contributed by atoms with Crippen LogP contribution in [0.1, 0.15) is 22.8 Å². The zero-order valence-corrected chi connectivity index (χ0v) is 15.4. The number of para-hydroxylation sites is 1. The van der Waals surface area contributed by atoms with Crippen LogP contribution < -0.4 is 15.6 Å². The zero-order chi connectivity index (χ0) is 19.6. The Morgan fingerprint density at radius 3 is 2.44 bits per heavy atom. The average Bonchev–Trinajstić information content (AvgIpc) is 2.64. The number of hydrogen-bond donors (Lipinski definition) is 1. The second-order valence-electron chi connectivity index (χ2n) is 6.29. The molecular formula is C21H20N2O4. The molecule has 2 aromatic carbocycles. The third kappa shape index (κ3) is 3.74. The van der Waals surface area contributed by atoms with Gasteiger partial charge in [0, 0.05) is 29.6 Å². The van der Waals surface area contributed by atoms with Gasteiger partial charge in [-0.1, -0.05) is 12.1 Å². The number of methoxy groups -OCH3 is 1. The van der Waals surface area contributed by atoms with E-state index < -0.39 is 0 Å².